The Bertz CT molecular complexity index is 1130. The summed E-state index contributed by atoms with van der Waals surface area (Å²) in [5, 5.41) is 16.6. The number of hydrogen-bond acceptors (Lipinski definition) is 6. The molecule has 0 bridgehead atoms. The van der Waals surface area contributed by atoms with Crippen LogP contribution in [0.3, 0.4) is 0 Å². The van der Waals surface area contributed by atoms with Crippen molar-refractivity contribution in [3.8, 4) is 6.07 Å². The zero-order chi connectivity index (χ0) is 20.0. The molecule has 1 atom stereocenters. The molecule has 1 N–H and O–H groups in total. The number of fused-ring (bicyclic) bond motifs is 2. The molecule has 7 nitrogen and oxygen atoms in total. The molecule has 3 aromatic rings. The van der Waals surface area contributed by atoms with Gasteiger partial charge in [-0.2, -0.15) is 14.8 Å². The molecule has 0 fully saturated rings. The second-order valence-electron chi connectivity index (χ2n) is 6.89. The van der Waals surface area contributed by atoms with Crippen molar-refractivity contribution in [1.29, 1.82) is 5.26 Å². The highest BCUT2D eigenvalue weighted by atomic mass is 32.1. The van der Waals surface area contributed by atoms with E-state index in [0.29, 0.717) is 22.2 Å². The molecule has 0 saturated carbocycles. The van der Waals surface area contributed by atoms with E-state index in [0.717, 1.165) is 34.2 Å². The van der Waals surface area contributed by atoms with E-state index in [9.17, 15) is 18.8 Å². The van der Waals surface area contributed by atoms with E-state index in [1.54, 1.807) is 6.92 Å². The van der Waals surface area contributed by atoms with E-state index >= 15 is 0 Å². The van der Waals surface area contributed by atoms with Crippen LogP contribution < -0.4 is 5.32 Å². The van der Waals surface area contributed by atoms with E-state index < -0.39 is 12.3 Å². The van der Waals surface area contributed by atoms with E-state index in [2.05, 4.69) is 33.4 Å². The van der Waals surface area contributed by atoms with Crippen molar-refractivity contribution in [3.63, 3.8) is 0 Å². The Morgan fingerprint density at radius 3 is 2.96 bits per heavy atom. The number of amides is 1. The van der Waals surface area contributed by atoms with Gasteiger partial charge in [0.05, 0.1) is 5.56 Å². The van der Waals surface area contributed by atoms with Crippen LogP contribution >= 0.6 is 11.3 Å². The lowest BCUT2D eigenvalue weighted by atomic mass is 9.89. The van der Waals surface area contributed by atoms with Crippen LogP contribution in [0.5, 0.6) is 0 Å². The first-order chi connectivity index (χ1) is 13.4. The van der Waals surface area contributed by atoms with Crippen LogP contribution in [0.4, 0.5) is 13.8 Å². The largest absolute Gasteiger partial charge is 0.310 e. The molecule has 0 saturated heterocycles. The van der Waals surface area contributed by atoms with E-state index in [1.165, 1.54) is 17.4 Å². The number of aromatic nitrogens is 4. The third-order valence-corrected chi connectivity index (χ3v) is 5.91. The van der Waals surface area contributed by atoms with Gasteiger partial charge in [0, 0.05) is 10.6 Å². The fourth-order valence-electron chi connectivity index (χ4n) is 3.38. The van der Waals surface area contributed by atoms with Gasteiger partial charge in [-0.25, -0.2) is 13.8 Å². The number of nitrogens with zero attached hydrogens (tertiary/aromatic N) is 5. The number of anilines is 1. The highest BCUT2D eigenvalue weighted by molar-refractivity contribution is 7.16. The first-order valence-electron chi connectivity index (χ1n) is 8.75. The smallest absolute Gasteiger partial charge is 0.296 e. The topological polar surface area (TPSA) is 96.0 Å². The molecule has 144 valence electrons. The predicted octanol–water partition coefficient (Wildman–Crippen LogP) is 3.68. The maximum Gasteiger partial charge on any atom is 0.296 e. The Morgan fingerprint density at radius 1 is 1.46 bits per heavy atom. The number of carbonyl (C=O) groups is 1. The second-order valence-corrected chi connectivity index (χ2v) is 8.00. The Kier molecular flexibility index (Phi) is 4.55. The fourth-order valence-corrected chi connectivity index (χ4v) is 4.74. The van der Waals surface area contributed by atoms with Crippen LogP contribution in [0.15, 0.2) is 6.07 Å². The molecule has 0 aromatic carbocycles. The number of hydrogen-bond donors (Lipinski definition) is 1. The van der Waals surface area contributed by atoms with Crippen molar-refractivity contribution in [3.05, 3.63) is 39.3 Å². The molecule has 0 aliphatic heterocycles. The minimum atomic E-state index is -2.78. The summed E-state index contributed by atoms with van der Waals surface area (Å²) in [6.45, 7) is 3.72. The Hall–Kier alpha value is -2.93. The van der Waals surface area contributed by atoms with E-state index in [-0.39, 0.29) is 17.3 Å². The number of halogens is 2. The number of nitriles is 1. The lowest BCUT2D eigenvalue weighted by molar-refractivity contribution is 0.101. The highest BCUT2D eigenvalue weighted by Crippen LogP contribution is 2.39. The molecule has 3 heterocycles. The molecule has 0 unspecified atom stereocenters. The molecule has 1 amide bonds. The number of rotatable bonds is 3. The second kappa shape index (κ2) is 6.91. The number of aryl methyl sites for hydroxylation is 1. The Labute approximate surface area is 163 Å². The zero-order valence-electron chi connectivity index (χ0n) is 15.2. The molecule has 1 aliphatic carbocycles. The molecule has 28 heavy (non-hydrogen) atoms. The maximum absolute atomic E-state index is 13.2. The lowest BCUT2D eigenvalue weighted by Gasteiger charge is -2.17. The zero-order valence-corrected chi connectivity index (χ0v) is 16.0. The lowest BCUT2D eigenvalue weighted by Crippen LogP contribution is -2.14. The van der Waals surface area contributed by atoms with Crippen molar-refractivity contribution in [1.82, 2.24) is 19.6 Å². The summed E-state index contributed by atoms with van der Waals surface area (Å²) in [7, 11) is 0. The quantitative estimate of drug-likeness (QED) is 0.721. The summed E-state index contributed by atoms with van der Waals surface area (Å²) < 4.78 is 27.4. The summed E-state index contributed by atoms with van der Waals surface area (Å²) in [4.78, 5) is 21.8. The molecular weight excluding hydrogens is 386 g/mol. The highest BCUT2D eigenvalue weighted by Gasteiger charge is 2.26. The minimum absolute atomic E-state index is 0.0692. The summed E-state index contributed by atoms with van der Waals surface area (Å²) in [5.74, 6) is -0.473. The van der Waals surface area contributed by atoms with Crippen molar-refractivity contribution in [2.24, 2.45) is 5.92 Å². The molecule has 4 rings (SSSR count). The van der Waals surface area contributed by atoms with Crippen molar-refractivity contribution < 1.29 is 13.6 Å². The van der Waals surface area contributed by atoms with Gasteiger partial charge in [-0.15, -0.1) is 16.4 Å². The Morgan fingerprint density at radius 2 is 2.25 bits per heavy atom. The van der Waals surface area contributed by atoms with Gasteiger partial charge in [-0.05, 0) is 43.7 Å². The number of nitrogens with one attached hydrogen (secondary N) is 1. The molecule has 1 aliphatic rings. The van der Waals surface area contributed by atoms with Gasteiger partial charge in [-0.3, -0.25) is 4.79 Å². The van der Waals surface area contributed by atoms with Crippen LogP contribution in [0.25, 0.3) is 5.78 Å². The van der Waals surface area contributed by atoms with Crippen LogP contribution in [-0.2, 0) is 12.8 Å². The van der Waals surface area contributed by atoms with Crippen LogP contribution in [0.2, 0.25) is 0 Å². The SMILES string of the molecule is Cc1cc(C(F)F)n2nc(C(=O)Nc3sc4c(c3C#N)CC[C@H](C)C4)nc2n1. The minimum Gasteiger partial charge on any atom is -0.310 e. The van der Waals surface area contributed by atoms with Crippen LogP contribution in [-0.4, -0.2) is 25.5 Å². The number of alkyl halides is 2. The fraction of sp³-hybridized carbons (Fsp3) is 0.389. The van der Waals surface area contributed by atoms with Gasteiger partial charge >= 0.3 is 0 Å². The van der Waals surface area contributed by atoms with Gasteiger partial charge in [0.1, 0.15) is 16.8 Å². The normalized spacial score (nSPS) is 16.2. The monoisotopic (exact) mass is 402 g/mol. The van der Waals surface area contributed by atoms with Gasteiger partial charge in [0.25, 0.3) is 18.1 Å². The molecule has 10 heteroatoms. The molecular formula is C18H16F2N6OS. The average Bonchev–Trinajstić information content (AvgIpc) is 3.20. The average molecular weight is 402 g/mol. The van der Waals surface area contributed by atoms with Crippen LogP contribution in [0.1, 0.15) is 57.8 Å². The predicted molar refractivity (Wildman–Crippen MR) is 98.7 cm³/mol. The van der Waals surface area contributed by atoms with E-state index in [1.807, 2.05) is 0 Å². The van der Waals surface area contributed by atoms with Crippen molar-refractivity contribution >= 4 is 28.0 Å². The number of thiophene rings is 1. The maximum atomic E-state index is 13.2. The first-order valence-corrected chi connectivity index (χ1v) is 9.57. The standard InChI is InChI=1S/C18H16F2N6OS/c1-8-3-4-10-11(7-21)17(28-13(10)5-8)24-16(27)15-23-18-22-9(2)6-12(14(19)20)26(18)25-15/h6,8,14H,3-5H2,1-2H3,(H,24,27)/t8-/m0/s1. The molecule has 0 spiro atoms. The first kappa shape index (κ1) is 18.4. The third-order valence-electron chi connectivity index (χ3n) is 4.74. The summed E-state index contributed by atoms with van der Waals surface area (Å²) in [6, 6.07) is 3.38. The number of carbonyl (C=O) groups excluding carboxylic acids is 1. The van der Waals surface area contributed by atoms with Gasteiger partial charge in [-0.1, -0.05) is 6.92 Å². The summed E-state index contributed by atoms with van der Waals surface area (Å²) >= 11 is 1.38. The molecule has 3 aromatic heterocycles. The van der Waals surface area contributed by atoms with Gasteiger partial charge < -0.3 is 5.32 Å². The van der Waals surface area contributed by atoms with Crippen molar-refractivity contribution in [2.75, 3.05) is 5.32 Å². The molecule has 0 radical (unpaired) electrons. The summed E-state index contributed by atoms with van der Waals surface area (Å²) in [5.41, 5.74) is 1.42. The summed E-state index contributed by atoms with van der Waals surface area (Å²) in [6.07, 6.45) is -0.100. The van der Waals surface area contributed by atoms with Crippen molar-refractivity contribution in [2.45, 2.75) is 39.5 Å². The van der Waals surface area contributed by atoms with Gasteiger partial charge in [0.15, 0.2) is 0 Å². The third kappa shape index (κ3) is 3.11. The van der Waals surface area contributed by atoms with E-state index in [4.69, 9.17) is 0 Å². The van der Waals surface area contributed by atoms with Crippen LogP contribution in [0, 0.1) is 24.2 Å². The van der Waals surface area contributed by atoms with Gasteiger partial charge in [0.2, 0.25) is 5.82 Å². The Balaban J connectivity index is 1.68.